The van der Waals surface area contributed by atoms with Crippen LogP contribution in [0.25, 0.3) is 0 Å². The number of aryl methyl sites for hydroxylation is 2. The second-order valence-corrected chi connectivity index (χ2v) is 12.9. The fourth-order valence-corrected chi connectivity index (χ4v) is 7.88. The first-order valence-electron chi connectivity index (χ1n) is 13.2. The third-order valence-electron chi connectivity index (χ3n) is 8.02. The number of carbonyl (C=O) groups excluding carboxylic acids is 1. The van der Waals surface area contributed by atoms with E-state index in [-0.39, 0.29) is 25.2 Å². The van der Waals surface area contributed by atoms with Gasteiger partial charge in [-0.1, -0.05) is 18.0 Å². The van der Waals surface area contributed by atoms with Crippen molar-refractivity contribution in [1.29, 1.82) is 0 Å². The molecule has 1 unspecified atom stereocenters. The summed E-state index contributed by atoms with van der Waals surface area (Å²) in [6.07, 6.45) is 4.90. The first-order chi connectivity index (χ1) is 17.2. The molecular weight excluding hydrogens is 500 g/mol. The maximum absolute atomic E-state index is 13.6. The highest BCUT2D eigenvalue weighted by atomic mass is 35.5. The van der Waals surface area contributed by atoms with Gasteiger partial charge in [-0.3, -0.25) is 9.69 Å². The van der Waals surface area contributed by atoms with Crippen LogP contribution in [0.3, 0.4) is 0 Å². The lowest BCUT2D eigenvalue weighted by Gasteiger charge is -2.42. The van der Waals surface area contributed by atoms with E-state index in [4.69, 9.17) is 16.3 Å². The number of sulfonamides is 1. The number of nitrogens with zero attached hydrogens (tertiary/aromatic N) is 4. The largest absolute Gasteiger partial charge is 0.370 e. The maximum Gasteiger partial charge on any atom is 0.248 e. The van der Waals surface area contributed by atoms with Crippen molar-refractivity contribution in [3.05, 3.63) is 28.3 Å². The highest BCUT2D eigenvalue weighted by molar-refractivity contribution is 7.89. The molecule has 0 bridgehead atoms. The molecular formula is C26H41ClN4O4S. The molecule has 0 aromatic heterocycles. The molecule has 36 heavy (non-hydrogen) atoms. The Morgan fingerprint density at radius 1 is 0.972 bits per heavy atom. The molecule has 3 saturated heterocycles. The standard InChI is InChI=1S/C26H41ClN4O4S/c1-20-17-25(21(2)16-24(20)27)36(33,34)31-9-5-4-6-23(31)18-35-19-26(32)30-14-12-29(13-15-30)22-7-10-28(3)11-8-22/h16-17,22-23H,4-15,18-19H2,1-3H3. The van der Waals surface area contributed by atoms with Crippen molar-refractivity contribution in [3.8, 4) is 0 Å². The van der Waals surface area contributed by atoms with Crippen LogP contribution in [0.15, 0.2) is 17.0 Å². The predicted octanol–water partition coefficient (Wildman–Crippen LogP) is 2.76. The highest BCUT2D eigenvalue weighted by Crippen LogP contribution is 2.30. The van der Waals surface area contributed by atoms with Crippen LogP contribution < -0.4 is 0 Å². The monoisotopic (exact) mass is 540 g/mol. The van der Waals surface area contributed by atoms with Gasteiger partial charge in [-0.25, -0.2) is 8.42 Å². The Morgan fingerprint density at radius 3 is 2.36 bits per heavy atom. The summed E-state index contributed by atoms with van der Waals surface area (Å²) in [7, 11) is -1.51. The number of carbonyl (C=O) groups is 1. The molecule has 3 fully saturated rings. The molecule has 0 radical (unpaired) electrons. The second kappa shape index (κ2) is 12.1. The molecule has 1 atom stereocenters. The fraction of sp³-hybridized carbons (Fsp3) is 0.731. The Hall–Kier alpha value is -1.23. The molecule has 3 aliphatic rings. The van der Waals surface area contributed by atoms with E-state index in [0.717, 1.165) is 64.1 Å². The van der Waals surface area contributed by atoms with E-state index in [9.17, 15) is 13.2 Å². The highest BCUT2D eigenvalue weighted by Gasteiger charge is 2.35. The van der Waals surface area contributed by atoms with Gasteiger partial charge in [0.15, 0.2) is 0 Å². The quantitative estimate of drug-likeness (QED) is 0.529. The summed E-state index contributed by atoms with van der Waals surface area (Å²) in [6, 6.07) is 3.73. The summed E-state index contributed by atoms with van der Waals surface area (Å²) < 4.78 is 34.5. The zero-order valence-corrected chi connectivity index (χ0v) is 23.5. The van der Waals surface area contributed by atoms with Crippen molar-refractivity contribution in [3.63, 3.8) is 0 Å². The van der Waals surface area contributed by atoms with Crippen LogP contribution in [0, 0.1) is 13.8 Å². The van der Waals surface area contributed by atoms with E-state index in [1.54, 1.807) is 23.4 Å². The lowest BCUT2D eigenvalue weighted by atomic mass is 10.0. The van der Waals surface area contributed by atoms with Crippen LogP contribution in [0.1, 0.15) is 43.2 Å². The van der Waals surface area contributed by atoms with E-state index in [0.29, 0.717) is 28.1 Å². The van der Waals surface area contributed by atoms with Crippen molar-refractivity contribution < 1.29 is 17.9 Å². The molecule has 4 rings (SSSR count). The molecule has 0 spiro atoms. The lowest BCUT2D eigenvalue weighted by molar-refractivity contribution is -0.138. The number of piperazine rings is 1. The SMILES string of the molecule is Cc1cc(S(=O)(=O)N2CCCCC2COCC(=O)N2CCN(C3CCN(C)CC3)CC2)c(C)cc1Cl. The Kier molecular flexibility index (Phi) is 9.33. The molecule has 3 heterocycles. The molecule has 1 aromatic rings. The van der Waals surface area contributed by atoms with Crippen LogP contribution in [-0.2, 0) is 19.6 Å². The number of piperidine rings is 2. The number of benzene rings is 1. The summed E-state index contributed by atoms with van der Waals surface area (Å²) >= 11 is 6.20. The number of rotatable bonds is 7. The van der Waals surface area contributed by atoms with Crippen LogP contribution in [0.5, 0.6) is 0 Å². The van der Waals surface area contributed by atoms with Crippen LogP contribution in [0.4, 0.5) is 0 Å². The lowest BCUT2D eigenvalue weighted by Crippen LogP contribution is -2.54. The van der Waals surface area contributed by atoms with Gasteiger partial charge in [0, 0.05) is 49.8 Å². The van der Waals surface area contributed by atoms with Gasteiger partial charge in [0.2, 0.25) is 15.9 Å². The van der Waals surface area contributed by atoms with Gasteiger partial charge in [-0.05, 0) is 82.9 Å². The predicted molar refractivity (Wildman–Crippen MR) is 142 cm³/mol. The van der Waals surface area contributed by atoms with E-state index in [1.807, 2.05) is 11.8 Å². The number of amides is 1. The Bertz CT molecular complexity index is 1020. The number of ether oxygens (including phenoxy) is 1. The normalized spacial score (nSPS) is 23.8. The maximum atomic E-state index is 13.6. The zero-order chi connectivity index (χ0) is 25.9. The van der Waals surface area contributed by atoms with Crippen LogP contribution in [-0.4, -0.2) is 111 Å². The molecule has 0 N–H and O–H groups in total. The Morgan fingerprint density at radius 2 is 1.67 bits per heavy atom. The van der Waals surface area contributed by atoms with Crippen LogP contribution in [0.2, 0.25) is 5.02 Å². The summed E-state index contributed by atoms with van der Waals surface area (Å²) in [5.74, 6) is -0.00702. The Labute approximate surface area is 221 Å². The van der Waals surface area contributed by atoms with Crippen molar-refractivity contribution in [2.45, 2.75) is 62.9 Å². The second-order valence-electron chi connectivity index (χ2n) is 10.6. The topological polar surface area (TPSA) is 73.4 Å². The Balaban J connectivity index is 1.28. The average Bonchev–Trinajstić information content (AvgIpc) is 2.87. The van der Waals surface area contributed by atoms with Crippen molar-refractivity contribution in [2.75, 3.05) is 66.1 Å². The minimum Gasteiger partial charge on any atom is -0.370 e. The summed E-state index contributed by atoms with van der Waals surface area (Å²) in [6.45, 7) is 9.85. The van der Waals surface area contributed by atoms with E-state index in [1.165, 1.54) is 12.8 Å². The smallest absolute Gasteiger partial charge is 0.248 e. The molecule has 0 saturated carbocycles. The summed E-state index contributed by atoms with van der Waals surface area (Å²) in [5.41, 5.74) is 1.39. The fourth-order valence-electron chi connectivity index (χ4n) is 5.69. The molecule has 0 aliphatic carbocycles. The number of halogens is 1. The first kappa shape index (κ1) is 27.8. The average molecular weight is 541 g/mol. The van der Waals surface area contributed by atoms with E-state index < -0.39 is 10.0 Å². The van der Waals surface area contributed by atoms with E-state index >= 15 is 0 Å². The van der Waals surface area contributed by atoms with Gasteiger partial charge in [0.05, 0.1) is 11.5 Å². The third kappa shape index (κ3) is 6.42. The van der Waals surface area contributed by atoms with Gasteiger partial charge < -0.3 is 14.5 Å². The van der Waals surface area contributed by atoms with Gasteiger partial charge in [-0.15, -0.1) is 0 Å². The van der Waals surface area contributed by atoms with Gasteiger partial charge >= 0.3 is 0 Å². The molecule has 1 aromatic carbocycles. The minimum absolute atomic E-state index is 0.00229. The summed E-state index contributed by atoms with van der Waals surface area (Å²) in [5, 5.41) is 0.565. The first-order valence-corrected chi connectivity index (χ1v) is 15.1. The number of likely N-dealkylation sites (tertiary alicyclic amines) is 1. The number of hydrogen-bond donors (Lipinski definition) is 0. The van der Waals surface area contributed by atoms with Gasteiger partial charge in [0.1, 0.15) is 6.61 Å². The molecule has 8 nitrogen and oxygen atoms in total. The van der Waals surface area contributed by atoms with Gasteiger partial charge in [0.25, 0.3) is 0 Å². The van der Waals surface area contributed by atoms with Crippen molar-refractivity contribution in [1.82, 2.24) is 19.0 Å². The summed E-state index contributed by atoms with van der Waals surface area (Å²) in [4.78, 5) is 19.9. The number of hydrogen-bond acceptors (Lipinski definition) is 6. The van der Waals surface area contributed by atoms with Crippen molar-refractivity contribution in [2.24, 2.45) is 0 Å². The molecule has 1 amide bonds. The van der Waals surface area contributed by atoms with Crippen LogP contribution >= 0.6 is 11.6 Å². The zero-order valence-electron chi connectivity index (χ0n) is 21.9. The van der Waals surface area contributed by atoms with Crippen molar-refractivity contribution >= 4 is 27.5 Å². The van der Waals surface area contributed by atoms with E-state index in [2.05, 4.69) is 16.8 Å². The molecule has 202 valence electrons. The minimum atomic E-state index is -3.68. The molecule has 3 aliphatic heterocycles. The third-order valence-corrected chi connectivity index (χ3v) is 10.5. The van der Waals surface area contributed by atoms with Gasteiger partial charge in [-0.2, -0.15) is 4.31 Å². The molecule has 10 heteroatoms.